The summed E-state index contributed by atoms with van der Waals surface area (Å²) < 4.78 is 0. The highest BCUT2D eigenvalue weighted by atomic mass is 16.3. The fraction of sp³-hybridized carbons (Fsp3) is 0.562. The van der Waals surface area contributed by atoms with Crippen LogP contribution in [0.4, 0.5) is 5.69 Å². The van der Waals surface area contributed by atoms with Gasteiger partial charge in [0.15, 0.2) is 0 Å². The molecule has 0 aliphatic rings. The van der Waals surface area contributed by atoms with E-state index >= 15 is 0 Å². The Labute approximate surface area is 121 Å². The van der Waals surface area contributed by atoms with Gasteiger partial charge in [-0.3, -0.25) is 4.79 Å². The molecule has 0 saturated heterocycles. The lowest BCUT2D eigenvalue weighted by molar-refractivity contribution is 0.0953. The van der Waals surface area contributed by atoms with Crippen LogP contribution in [0.25, 0.3) is 0 Å². The van der Waals surface area contributed by atoms with E-state index in [1.807, 2.05) is 45.0 Å². The third-order valence-corrected chi connectivity index (χ3v) is 3.09. The second-order valence-corrected chi connectivity index (χ2v) is 5.53. The number of aliphatic hydroxyl groups is 1. The molecule has 0 aromatic heterocycles. The number of amides is 1. The molecule has 0 saturated carbocycles. The van der Waals surface area contributed by atoms with E-state index in [4.69, 9.17) is 5.11 Å². The van der Waals surface area contributed by atoms with Gasteiger partial charge in [-0.2, -0.15) is 0 Å². The Morgan fingerprint density at radius 3 is 2.60 bits per heavy atom. The molecular formula is C16H26N2O2. The zero-order valence-electron chi connectivity index (χ0n) is 12.6. The Balaban J connectivity index is 2.51. The van der Waals surface area contributed by atoms with Gasteiger partial charge >= 0.3 is 0 Å². The minimum atomic E-state index is -0.0506. The lowest BCUT2D eigenvalue weighted by Crippen LogP contribution is -2.26. The molecule has 4 heteroatoms. The monoisotopic (exact) mass is 278 g/mol. The van der Waals surface area contributed by atoms with E-state index in [-0.39, 0.29) is 18.6 Å². The predicted molar refractivity (Wildman–Crippen MR) is 83.0 cm³/mol. The summed E-state index contributed by atoms with van der Waals surface area (Å²) in [5.41, 5.74) is 1.54. The SMILES string of the molecule is CC(CO)CCCNC(=O)c1ccccc1NC(C)C. The maximum Gasteiger partial charge on any atom is 0.253 e. The highest BCUT2D eigenvalue weighted by Crippen LogP contribution is 2.16. The molecule has 0 radical (unpaired) electrons. The Hall–Kier alpha value is -1.55. The maximum atomic E-state index is 12.2. The van der Waals surface area contributed by atoms with E-state index in [2.05, 4.69) is 10.6 Å². The molecule has 1 atom stereocenters. The van der Waals surface area contributed by atoms with Gasteiger partial charge in [-0.05, 0) is 44.7 Å². The maximum absolute atomic E-state index is 12.2. The van der Waals surface area contributed by atoms with Crippen molar-refractivity contribution in [3.63, 3.8) is 0 Å². The van der Waals surface area contributed by atoms with Crippen LogP contribution in [-0.4, -0.2) is 30.2 Å². The van der Waals surface area contributed by atoms with Crippen molar-refractivity contribution in [3.8, 4) is 0 Å². The molecule has 0 aliphatic heterocycles. The standard InChI is InChI=1S/C16H26N2O2/c1-12(2)18-15-9-5-4-8-14(15)16(20)17-10-6-7-13(3)11-19/h4-5,8-9,12-13,18-19H,6-7,10-11H2,1-3H3,(H,17,20). The first-order chi connectivity index (χ1) is 9.54. The molecule has 0 spiro atoms. The van der Waals surface area contributed by atoms with Gasteiger partial charge in [0.1, 0.15) is 0 Å². The average Bonchev–Trinajstić information content (AvgIpc) is 2.43. The van der Waals surface area contributed by atoms with Crippen molar-refractivity contribution >= 4 is 11.6 Å². The van der Waals surface area contributed by atoms with Gasteiger partial charge in [-0.15, -0.1) is 0 Å². The molecule has 112 valence electrons. The summed E-state index contributed by atoms with van der Waals surface area (Å²) in [5, 5.41) is 15.2. The third kappa shape index (κ3) is 5.61. The van der Waals surface area contributed by atoms with E-state index < -0.39 is 0 Å². The molecule has 1 aromatic carbocycles. The van der Waals surface area contributed by atoms with E-state index in [9.17, 15) is 4.79 Å². The summed E-state index contributed by atoms with van der Waals surface area (Å²) in [6, 6.07) is 7.83. The van der Waals surface area contributed by atoms with Gasteiger partial charge in [-0.1, -0.05) is 19.1 Å². The molecule has 0 heterocycles. The first kappa shape index (κ1) is 16.5. The number of carbonyl (C=O) groups excluding carboxylic acids is 1. The van der Waals surface area contributed by atoms with Crippen molar-refractivity contribution in [2.45, 2.75) is 39.7 Å². The molecule has 0 fully saturated rings. The van der Waals surface area contributed by atoms with Gasteiger partial charge in [0.2, 0.25) is 0 Å². The second-order valence-electron chi connectivity index (χ2n) is 5.53. The Morgan fingerprint density at radius 1 is 1.25 bits per heavy atom. The number of hydrogen-bond donors (Lipinski definition) is 3. The van der Waals surface area contributed by atoms with Crippen molar-refractivity contribution in [3.05, 3.63) is 29.8 Å². The number of benzene rings is 1. The number of anilines is 1. The minimum absolute atomic E-state index is 0.0506. The van der Waals surface area contributed by atoms with E-state index in [1.165, 1.54) is 0 Å². The lowest BCUT2D eigenvalue weighted by atomic mass is 10.1. The van der Waals surface area contributed by atoms with Crippen LogP contribution in [0.5, 0.6) is 0 Å². The van der Waals surface area contributed by atoms with Crippen molar-refractivity contribution in [1.82, 2.24) is 5.32 Å². The molecule has 1 rings (SSSR count). The number of carbonyl (C=O) groups is 1. The second kappa shape index (κ2) is 8.59. The number of nitrogens with one attached hydrogen (secondary N) is 2. The van der Waals surface area contributed by atoms with Crippen molar-refractivity contribution in [1.29, 1.82) is 0 Å². The van der Waals surface area contributed by atoms with Crippen molar-refractivity contribution in [2.24, 2.45) is 5.92 Å². The summed E-state index contributed by atoms with van der Waals surface area (Å²) in [5.74, 6) is 0.243. The van der Waals surface area contributed by atoms with Crippen molar-refractivity contribution < 1.29 is 9.90 Å². The third-order valence-electron chi connectivity index (χ3n) is 3.09. The highest BCUT2D eigenvalue weighted by molar-refractivity contribution is 5.99. The average molecular weight is 278 g/mol. The Bertz CT molecular complexity index is 419. The van der Waals surface area contributed by atoms with Crippen LogP contribution < -0.4 is 10.6 Å². The van der Waals surface area contributed by atoms with Gasteiger partial charge in [0.05, 0.1) is 5.56 Å². The van der Waals surface area contributed by atoms with Crippen LogP contribution >= 0.6 is 0 Å². The summed E-state index contributed by atoms with van der Waals surface area (Å²) in [6.07, 6.45) is 1.80. The van der Waals surface area contributed by atoms with Gasteiger partial charge in [0.25, 0.3) is 5.91 Å². The predicted octanol–water partition coefficient (Wildman–Crippen LogP) is 2.65. The minimum Gasteiger partial charge on any atom is -0.396 e. The molecule has 0 bridgehead atoms. The smallest absolute Gasteiger partial charge is 0.253 e. The normalized spacial score (nSPS) is 12.2. The summed E-state index contributed by atoms with van der Waals surface area (Å²) in [7, 11) is 0. The number of rotatable bonds is 8. The van der Waals surface area contributed by atoms with Crippen LogP contribution in [0.1, 0.15) is 44.0 Å². The van der Waals surface area contributed by atoms with Gasteiger partial charge < -0.3 is 15.7 Å². The summed E-state index contributed by atoms with van der Waals surface area (Å²) in [4.78, 5) is 12.2. The molecule has 1 aromatic rings. The van der Waals surface area contributed by atoms with Crippen LogP contribution in [0.3, 0.4) is 0 Å². The van der Waals surface area contributed by atoms with Crippen LogP contribution in [0.15, 0.2) is 24.3 Å². The molecule has 20 heavy (non-hydrogen) atoms. The molecule has 0 aliphatic carbocycles. The molecule has 4 nitrogen and oxygen atoms in total. The first-order valence-corrected chi connectivity index (χ1v) is 7.29. The molecule has 1 amide bonds. The molecule has 1 unspecified atom stereocenters. The fourth-order valence-electron chi connectivity index (χ4n) is 1.96. The van der Waals surface area contributed by atoms with E-state index in [0.717, 1.165) is 18.5 Å². The van der Waals surface area contributed by atoms with Crippen LogP contribution in [0.2, 0.25) is 0 Å². The topological polar surface area (TPSA) is 61.4 Å². The quantitative estimate of drug-likeness (QED) is 0.641. The number of hydrogen-bond acceptors (Lipinski definition) is 3. The van der Waals surface area contributed by atoms with E-state index in [1.54, 1.807) is 0 Å². The highest BCUT2D eigenvalue weighted by Gasteiger charge is 2.11. The fourth-order valence-corrected chi connectivity index (χ4v) is 1.96. The van der Waals surface area contributed by atoms with Crippen LogP contribution in [-0.2, 0) is 0 Å². The molecular weight excluding hydrogens is 252 g/mol. The lowest BCUT2D eigenvalue weighted by Gasteiger charge is -2.14. The van der Waals surface area contributed by atoms with Gasteiger partial charge in [0, 0.05) is 24.9 Å². The van der Waals surface area contributed by atoms with Gasteiger partial charge in [-0.25, -0.2) is 0 Å². The number of aliphatic hydroxyl groups excluding tert-OH is 1. The van der Waals surface area contributed by atoms with Crippen LogP contribution in [0, 0.1) is 5.92 Å². The molecule has 3 N–H and O–H groups in total. The zero-order valence-corrected chi connectivity index (χ0v) is 12.6. The summed E-state index contributed by atoms with van der Waals surface area (Å²) in [6.45, 7) is 6.94. The number of para-hydroxylation sites is 1. The Kier molecular flexibility index (Phi) is 7.09. The first-order valence-electron chi connectivity index (χ1n) is 7.29. The zero-order chi connectivity index (χ0) is 15.0. The van der Waals surface area contributed by atoms with E-state index in [0.29, 0.717) is 18.0 Å². The summed E-state index contributed by atoms with van der Waals surface area (Å²) >= 11 is 0. The van der Waals surface area contributed by atoms with Crippen molar-refractivity contribution in [2.75, 3.05) is 18.5 Å². The largest absolute Gasteiger partial charge is 0.396 e. The Morgan fingerprint density at radius 2 is 1.95 bits per heavy atom.